The fourth-order valence-electron chi connectivity index (χ4n) is 3.31. The van der Waals surface area contributed by atoms with Crippen molar-refractivity contribution < 1.29 is 4.74 Å². The average Bonchev–Trinajstić information content (AvgIpc) is 3.23. The lowest BCUT2D eigenvalue weighted by molar-refractivity contribution is 0.120. The summed E-state index contributed by atoms with van der Waals surface area (Å²) in [5, 5.41) is 6.86. The predicted molar refractivity (Wildman–Crippen MR) is 114 cm³/mol. The van der Waals surface area contributed by atoms with Gasteiger partial charge in [0, 0.05) is 30.5 Å². The molecular formula is C23H26N4O. The summed E-state index contributed by atoms with van der Waals surface area (Å²) in [6.45, 7) is 5.84. The maximum Gasteiger partial charge on any atom is 0.163 e. The van der Waals surface area contributed by atoms with Crippen LogP contribution in [0.3, 0.4) is 0 Å². The summed E-state index contributed by atoms with van der Waals surface area (Å²) >= 11 is 0. The molecule has 3 aromatic rings. The van der Waals surface area contributed by atoms with Gasteiger partial charge in [0.15, 0.2) is 5.82 Å². The lowest BCUT2D eigenvalue weighted by Gasteiger charge is -2.14. The van der Waals surface area contributed by atoms with E-state index in [1.165, 1.54) is 11.1 Å². The minimum Gasteiger partial charge on any atom is -0.376 e. The Bertz CT molecular complexity index is 937. The van der Waals surface area contributed by atoms with E-state index in [4.69, 9.17) is 14.7 Å². The van der Waals surface area contributed by atoms with E-state index in [0.717, 1.165) is 48.9 Å². The average molecular weight is 374 g/mol. The highest BCUT2D eigenvalue weighted by molar-refractivity contribution is 5.65. The van der Waals surface area contributed by atoms with Crippen molar-refractivity contribution in [2.45, 2.75) is 32.8 Å². The second-order valence-corrected chi connectivity index (χ2v) is 7.27. The van der Waals surface area contributed by atoms with Crippen LogP contribution in [-0.2, 0) is 4.74 Å². The number of benzene rings is 2. The predicted octanol–water partition coefficient (Wildman–Crippen LogP) is 5.09. The Morgan fingerprint density at radius 1 is 0.964 bits per heavy atom. The maximum absolute atomic E-state index is 5.72. The Hall–Kier alpha value is -2.92. The van der Waals surface area contributed by atoms with Crippen LogP contribution in [0.4, 0.5) is 17.3 Å². The molecule has 0 radical (unpaired) electrons. The van der Waals surface area contributed by atoms with Crippen molar-refractivity contribution >= 4 is 17.3 Å². The topological polar surface area (TPSA) is 59.1 Å². The van der Waals surface area contributed by atoms with E-state index in [1.54, 1.807) is 0 Å². The summed E-state index contributed by atoms with van der Waals surface area (Å²) < 4.78 is 5.72. The second kappa shape index (κ2) is 8.40. The number of anilines is 3. The van der Waals surface area contributed by atoms with Gasteiger partial charge in [-0.25, -0.2) is 9.97 Å². The molecule has 5 heteroatoms. The molecule has 2 heterocycles. The SMILES string of the molecule is Cc1ccc(Nc2cc(NCC3CCCO3)nc(-c3ccccc3)n2)cc1C. The number of nitrogens with zero attached hydrogens (tertiary/aromatic N) is 2. The molecule has 4 rings (SSSR count). The smallest absolute Gasteiger partial charge is 0.163 e. The van der Waals surface area contributed by atoms with Crippen LogP contribution in [0.25, 0.3) is 11.4 Å². The molecular weight excluding hydrogens is 348 g/mol. The molecule has 0 aliphatic carbocycles. The third-order valence-corrected chi connectivity index (χ3v) is 5.07. The van der Waals surface area contributed by atoms with Gasteiger partial charge < -0.3 is 15.4 Å². The first kappa shape index (κ1) is 18.4. The Morgan fingerprint density at radius 2 is 1.79 bits per heavy atom. The van der Waals surface area contributed by atoms with Crippen LogP contribution in [0, 0.1) is 13.8 Å². The molecule has 144 valence electrons. The third kappa shape index (κ3) is 4.49. The van der Waals surface area contributed by atoms with E-state index >= 15 is 0 Å². The highest BCUT2D eigenvalue weighted by Crippen LogP contribution is 2.24. The van der Waals surface area contributed by atoms with Crippen LogP contribution in [-0.4, -0.2) is 29.2 Å². The number of rotatable bonds is 6. The molecule has 2 N–H and O–H groups in total. The van der Waals surface area contributed by atoms with E-state index in [0.29, 0.717) is 5.82 Å². The van der Waals surface area contributed by atoms with E-state index in [9.17, 15) is 0 Å². The lowest BCUT2D eigenvalue weighted by atomic mass is 10.1. The van der Waals surface area contributed by atoms with Gasteiger partial charge in [-0.05, 0) is 49.9 Å². The fourth-order valence-corrected chi connectivity index (χ4v) is 3.31. The monoisotopic (exact) mass is 374 g/mol. The number of aromatic nitrogens is 2. The largest absolute Gasteiger partial charge is 0.376 e. The molecule has 0 bridgehead atoms. The first-order valence-electron chi connectivity index (χ1n) is 9.81. The van der Waals surface area contributed by atoms with Gasteiger partial charge in [0.2, 0.25) is 0 Å². The number of aryl methyl sites for hydroxylation is 2. The lowest BCUT2D eigenvalue weighted by Crippen LogP contribution is -2.19. The Labute approximate surface area is 166 Å². The van der Waals surface area contributed by atoms with Crippen LogP contribution >= 0.6 is 0 Å². The van der Waals surface area contributed by atoms with Crippen molar-refractivity contribution in [3.05, 3.63) is 65.7 Å². The zero-order valence-corrected chi connectivity index (χ0v) is 16.4. The van der Waals surface area contributed by atoms with Crippen LogP contribution in [0.2, 0.25) is 0 Å². The zero-order valence-electron chi connectivity index (χ0n) is 16.4. The van der Waals surface area contributed by atoms with Gasteiger partial charge in [-0.2, -0.15) is 0 Å². The van der Waals surface area contributed by atoms with Crippen LogP contribution in [0.1, 0.15) is 24.0 Å². The minimum absolute atomic E-state index is 0.256. The molecule has 0 spiro atoms. The number of hydrogen-bond acceptors (Lipinski definition) is 5. The molecule has 1 saturated heterocycles. The van der Waals surface area contributed by atoms with Gasteiger partial charge >= 0.3 is 0 Å². The highest BCUT2D eigenvalue weighted by atomic mass is 16.5. The molecule has 5 nitrogen and oxygen atoms in total. The Balaban J connectivity index is 1.61. The first-order valence-corrected chi connectivity index (χ1v) is 9.81. The van der Waals surface area contributed by atoms with Crippen molar-refractivity contribution in [3.8, 4) is 11.4 Å². The molecule has 0 amide bonds. The van der Waals surface area contributed by atoms with E-state index in [-0.39, 0.29) is 6.10 Å². The summed E-state index contributed by atoms with van der Waals surface area (Å²) in [5.74, 6) is 2.27. The normalized spacial score (nSPS) is 16.1. The molecule has 2 aromatic carbocycles. The highest BCUT2D eigenvalue weighted by Gasteiger charge is 2.16. The minimum atomic E-state index is 0.256. The van der Waals surface area contributed by atoms with Crippen LogP contribution in [0.15, 0.2) is 54.6 Å². The van der Waals surface area contributed by atoms with Crippen LogP contribution < -0.4 is 10.6 Å². The van der Waals surface area contributed by atoms with E-state index < -0.39 is 0 Å². The van der Waals surface area contributed by atoms with Gasteiger partial charge in [0.1, 0.15) is 11.6 Å². The summed E-state index contributed by atoms with van der Waals surface area (Å²) in [7, 11) is 0. The molecule has 1 aliphatic rings. The molecule has 1 unspecified atom stereocenters. The van der Waals surface area contributed by atoms with Gasteiger partial charge in [0.25, 0.3) is 0 Å². The summed E-state index contributed by atoms with van der Waals surface area (Å²) in [6.07, 6.45) is 2.48. The Kier molecular flexibility index (Phi) is 5.53. The zero-order chi connectivity index (χ0) is 19.3. The summed E-state index contributed by atoms with van der Waals surface area (Å²) in [5.41, 5.74) is 4.54. The van der Waals surface area contributed by atoms with E-state index in [1.807, 2.05) is 36.4 Å². The standard InChI is InChI=1S/C23H26N4O/c1-16-10-11-19(13-17(16)2)25-22-14-21(24-15-20-9-6-12-28-20)26-23(27-22)18-7-4-3-5-8-18/h3-5,7-8,10-11,13-14,20H,6,9,12,15H2,1-2H3,(H2,24,25,26,27). The van der Waals surface area contributed by atoms with Crippen molar-refractivity contribution in [2.75, 3.05) is 23.8 Å². The second-order valence-electron chi connectivity index (χ2n) is 7.27. The van der Waals surface area contributed by atoms with Gasteiger partial charge in [0.05, 0.1) is 6.10 Å². The third-order valence-electron chi connectivity index (χ3n) is 5.07. The van der Waals surface area contributed by atoms with Gasteiger partial charge in [-0.15, -0.1) is 0 Å². The maximum atomic E-state index is 5.72. The van der Waals surface area contributed by atoms with Crippen LogP contribution in [0.5, 0.6) is 0 Å². The summed E-state index contributed by atoms with van der Waals surface area (Å²) in [4.78, 5) is 9.46. The molecule has 28 heavy (non-hydrogen) atoms. The number of hydrogen-bond donors (Lipinski definition) is 2. The Morgan fingerprint density at radius 3 is 2.54 bits per heavy atom. The molecule has 0 saturated carbocycles. The first-order chi connectivity index (χ1) is 13.7. The van der Waals surface area contributed by atoms with Crippen molar-refractivity contribution in [1.82, 2.24) is 9.97 Å². The van der Waals surface area contributed by atoms with E-state index in [2.05, 4.69) is 42.7 Å². The van der Waals surface area contributed by atoms with Crippen molar-refractivity contribution in [2.24, 2.45) is 0 Å². The fraction of sp³-hybridized carbons (Fsp3) is 0.304. The number of nitrogens with one attached hydrogen (secondary N) is 2. The van der Waals surface area contributed by atoms with Crippen molar-refractivity contribution in [1.29, 1.82) is 0 Å². The quantitative estimate of drug-likeness (QED) is 0.629. The molecule has 1 aromatic heterocycles. The van der Waals surface area contributed by atoms with Crippen molar-refractivity contribution in [3.63, 3.8) is 0 Å². The molecule has 1 aliphatic heterocycles. The number of ether oxygens (including phenoxy) is 1. The summed E-state index contributed by atoms with van der Waals surface area (Å²) in [6, 6.07) is 18.3. The molecule has 1 fully saturated rings. The van der Waals surface area contributed by atoms with Gasteiger partial charge in [-0.3, -0.25) is 0 Å². The molecule has 1 atom stereocenters. The van der Waals surface area contributed by atoms with Gasteiger partial charge in [-0.1, -0.05) is 36.4 Å².